The number of hydrogen-bond donors (Lipinski definition) is 1. The van der Waals surface area contributed by atoms with Gasteiger partial charge < -0.3 is 29.0 Å². The lowest BCUT2D eigenvalue weighted by Gasteiger charge is -2.18. The van der Waals surface area contributed by atoms with Crippen LogP contribution in [-0.4, -0.2) is 26.2 Å². The van der Waals surface area contributed by atoms with Crippen LogP contribution >= 0.6 is 12.4 Å². The minimum absolute atomic E-state index is 0. The molecule has 27 heavy (non-hydrogen) atoms. The third-order valence-electron chi connectivity index (χ3n) is 5.08. The van der Waals surface area contributed by atoms with E-state index in [1.54, 1.807) is 0 Å². The molecule has 0 saturated heterocycles. The van der Waals surface area contributed by atoms with Gasteiger partial charge in [-0.2, -0.15) is 0 Å². The summed E-state index contributed by atoms with van der Waals surface area (Å²) in [6.07, 6.45) is 0.955. The number of ether oxygens (including phenoxy) is 5. The zero-order chi connectivity index (χ0) is 17.5. The Morgan fingerprint density at radius 2 is 1.78 bits per heavy atom. The van der Waals surface area contributed by atoms with Gasteiger partial charge in [0.05, 0.1) is 12.7 Å². The van der Waals surface area contributed by atoms with Gasteiger partial charge in [-0.15, -0.1) is 12.4 Å². The molecule has 6 nitrogen and oxygen atoms in total. The molecule has 3 heterocycles. The van der Waals surface area contributed by atoms with Crippen molar-refractivity contribution in [3.63, 3.8) is 0 Å². The van der Waals surface area contributed by atoms with Crippen LogP contribution in [0.15, 0.2) is 30.3 Å². The molecule has 0 bridgehead atoms. The molecule has 7 heteroatoms. The van der Waals surface area contributed by atoms with Gasteiger partial charge in [-0.05, 0) is 42.7 Å². The summed E-state index contributed by atoms with van der Waals surface area (Å²) in [5.41, 5.74) is 3.54. The van der Waals surface area contributed by atoms with Crippen molar-refractivity contribution in [2.75, 3.05) is 20.1 Å². The minimum Gasteiger partial charge on any atom is -0.454 e. The lowest BCUT2D eigenvalue weighted by Crippen LogP contribution is -2.32. The monoisotopic (exact) mass is 391 g/mol. The number of nitrogens with one attached hydrogen (secondary N) is 1. The van der Waals surface area contributed by atoms with Gasteiger partial charge in [0.2, 0.25) is 13.6 Å². The van der Waals surface area contributed by atoms with Gasteiger partial charge in [-0.3, -0.25) is 0 Å². The second-order valence-corrected chi connectivity index (χ2v) is 6.87. The van der Waals surface area contributed by atoms with Crippen LogP contribution in [-0.2, 0) is 17.8 Å². The maximum atomic E-state index is 5.98. The van der Waals surface area contributed by atoms with E-state index in [9.17, 15) is 0 Å². The van der Waals surface area contributed by atoms with E-state index in [4.69, 9.17) is 23.7 Å². The van der Waals surface area contributed by atoms with Crippen molar-refractivity contribution in [3.8, 4) is 23.0 Å². The van der Waals surface area contributed by atoms with Crippen LogP contribution < -0.4 is 24.3 Å². The fraction of sp³-hybridized carbons (Fsp3) is 0.400. The van der Waals surface area contributed by atoms with Crippen LogP contribution in [0.2, 0.25) is 0 Å². The van der Waals surface area contributed by atoms with Crippen molar-refractivity contribution in [1.29, 1.82) is 0 Å². The summed E-state index contributed by atoms with van der Waals surface area (Å²) < 4.78 is 27.8. The van der Waals surface area contributed by atoms with E-state index in [0.29, 0.717) is 26.2 Å². The molecule has 0 spiro atoms. The Labute approximate surface area is 164 Å². The standard InChI is InChI=1S/C20H21NO5.ClH/c1-12(6-13-2-4-16-18(7-13)25-10-23-16)21-8-19-14-3-5-17-20(26-11-24-17)15(14)9-22-19;/h2-5,7,12,19,21H,6,8-11H2,1H3;1H. The molecule has 0 aromatic heterocycles. The van der Waals surface area contributed by atoms with Gasteiger partial charge in [0.1, 0.15) is 0 Å². The third kappa shape index (κ3) is 3.40. The minimum atomic E-state index is 0. The Bertz CT molecular complexity index is 843. The number of rotatable bonds is 5. The molecule has 0 amide bonds. The highest BCUT2D eigenvalue weighted by atomic mass is 35.5. The second kappa shape index (κ2) is 7.46. The van der Waals surface area contributed by atoms with Crippen LogP contribution in [0.25, 0.3) is 0 Å². The van der Waals surface area contributed by atoms with Crippen LogP contribution in [0.5, 0.6) is 23.0 Å². The molecule has 144 valence electrons. The average molecular weight is 392 g/mol. The van der Waals surface area contributed by atoms with Crippen LogP contribution in [0.1, 0.15) is 29.7 Å². The first kappa shape index (κ1) is 18.2. The van der Waals surface area contributed by atoms with Gasteiger partial charge in [-0.1, -0.05) is 12.1 Å². The van der Waals surface area contributed by atoms with Crippen molar-refractivity contribution >= 4 is 12.4 Å². The summed E-state index contributed by atoms with van der Waals surface area (Å²) >= 11 is 0. The van der Waals surface area contributed by atoms with Crippen LogP contribution in [0, 0.1) is 0 Å². The maximum Gasteiger partial charge on any atom is 0.231 e. The van der Waals surface area contributed by atoms with Gasteiger partial charge in [0.25, 0.3) is 0 Å². The molecular formula is C20H22ClNO5. The normalized spacial score (nSPS) is 19.5. The highest BCUT2D eigenvalue weighted by molar-refractivity contribution is 5.85. The van der Waals surface area contributed by atoms with Gasteiger partial charge >= 0.3 is 0 Å². The lowest BCUT2D eigenvalue weighted by molar-refractivity contribution is 0.0635. The Morgan fingerprint density at radius 3 is 2.70 bits per heavy atom. The smallest absolute Gasteiger partial charge is 0.231 e. The van der Waals surface area contributed by atoms with E-state index in [0.717, 1.165) is 41.5 Å². The molecule has 2 aromatic rings. The Balaban J connectivity index is 0.00000180. The first-order valence-electron chi connectivity index (χ1n) is 8.93. The molecule has 0 aliphatic carbocycles. The van der Waals surface area contributed by atoms with E-state index in [1.165, 1.54) is 11.1 Å². The highest BCUT2D eigenvalue weighted by Gasteiger charge is 2.30. The molecule has 2 aromatic carbocycles. The predicted octanol–water partition coefficient (Wildman–Crippen LogP) is 3.36. The maximum absolute atomic E-state index is 5.98. The molecule has 5 rings (SSSR count). The highest BCUT2D eigenvalue weighted by Crippen LogP contribution is 2.44. The molecule has 0 radical (unpaired) electrons. The van der Waals surface area contributed by atoms with Gasteiger partial charge in [-0.25, -0.2) is 0 Å². The van der Waals surface area contributed by atoms with Crippen molar-refractivity contribution in [3.05, 3.63) is 47.0 Å². The van der Waals surface area contributed by atoms with E-state index in [2.05, 4.69) is 30.4 Å². The van der Waals surface area contributed by atoms with Crippen LogP contribution in [0.4, 0.5) is 0 Å². The molecule has 0 saturated carbocycles. The second-order valence-electron chi connectivity index (χ2n) is 6.87. The SMILES string of the molecule is CC(Cc1ccc2c(c1)OCO2)NCC1OCc2c1ccc1c2OCO1.Cl. The number of hydrogen-bond acceptors (Lipinski definition) is 6. The number of benzene rings is 2. The summed E-state index contributed by atoms with van der Waals surface area (Å²) in [6.45, 7) is 4.12. The Kier molecular flexibility index (Phi) is 5.04. The van der Waals surface area contributed by atoms with Crippen molar-refractivity contribution in [2.45, 2.75) is 32.1 Å². The van der Waals surface area contributed by atoms with Crippen molar-refractivity contribution in [2.24, 2.45) is 0 Å². The first-order valence-corrected chi connectivity index (χ1v) is 8.93. The lowest BCUT2D eigenvalue weighted by atomic mass is 10.0. The van der Waals surface area contributed by atoms with Gasteiger partial charge in [0, 0.05) is 18.2 Å². The summed E-state index contributed by atoms with van der Waals surface area (Å²) in [4.78, 5) is 0. The Hall–Kier alpha value is -2.15. The molecule has 1 N–H and O–H groups in total. The number of fused-ring (bicyclic) bond motifs is 4. The topological polar surface area (TPSA) is 58.2 Å². The molecule has 2 atom stereocenters. The molecular weight excluding hydrogens is 370 g/mol. The zero-order valence-corrected chi connectivity index (χ0v) is 15.8. The fourth-order valence-electron chi connectivity index (χ4n) is 3.74. The van der Waals surface area contributed by atoms with Crippen molar-refractivity contribution < 1.29 is 23.7 Å². The van der Waals surface area contributed by atoms with E-state index < -0.39 is 0 Å². The van der Waals surface area contributed by atoms with E-state index in [-0.39, 0.29) is 18.5 Å². The summed E-state index contributed by atoms with van der Waals surface area (Å²) in [6, 6.07) is 10.5. The molecule has 3 aliphatic rings. The zero-order valence-electron chi connectivity index (χ0n) is 15.0. The molecule has 0 fully saturated rings. The third-order valence-corrected chi connectivity index (χ3v) is 5.08. The average Bonchev–Trinajstić information content (AvgIpc) is 3.37. The Morgan fingerprint density at radius 1 is 1.00 bits per heavy atom. The largest absolute Gasteiger partial charge is 0.454 e. The summed E-state index contributed by atoms with van der Waals surface area (Å²) in [7, 11) is 0. The summed E-state index contributed by atoms with van der Waals surface area (Å²) in [5, 5.41) is 3.58. The first-order chi connectivity index (χ1) is 12.8. The molecule has 3 aliphatic heterocycles. The van der Waals surface area contributed by atoms with Crippen LogP contribution in [0.3, 0.4) is 0 Å². The van der Waals surface area contributed by atoms with E-state index >= 15 is 0 Å². The van der Waals surface area contributed by atoms with Crippen molar-refractivity contribution in [1.82, 2.24) is 5.32 Å². The fourth-order valence-corrected chi connectivity index (χ4v) is 3.74. The predicted molar refractivity (Wildman–Crippen MR) is 101 cm³/mol. The number of halogens is 1. The van der Waals surface area contributed by atoms with E-state index in [1.807, 2.05) is 12.1 Å². The molecule has 2 unspecified atom stereocenters. The summed E-state index contributed by atoms with van der Waals surface area (Å²) in [5.74, 6) is 3.32. The quantitative estimate of drug-likeness (QED) is 0.843. The van der Waals surface area contributed by atoms with Gasteiger partial charge in [0.15, 0.2) is 23.0 Å².